The van der Waals surface area contributed by atoms with E-state index in [0.29, 0.717) is 13.0 Å². The molecule has 72 valence electrons. The molecule has 1 aromatic heterocycles. The van der Waals surface area contributed by atoms with E-state index in [9.17, 15) is 5.11 Å². The third-order valence-electron chi connectivity index (χ3n) is 1.79. The zero-order chi connectivity index (χ0) is 9.52. The van der Waals surface area contributed by atoms with Crippen LogP contribution in [0.1, 0.15) is 24.5 Å². The topological polar surface area (TPSA) is 55.2 Å². The first-order chi connectivity index (χ1) is 6.34. The van der Waals surface area contributed by atoms with E-state index in [0.717, 1.165) is 12.0 Å². The molecule has 0 bridgehead atoms. The highest BCUT2D eigenvalue weighted by Gasteiger charge is 2.06. The Kier molecular flexibility index (Phi) is 4.35. The first kappa shape index (κ1) is 10.1. The normalized spacial score (nSPS) is 12.8. The maximum absolute atomic E-state index is 9.61. The highest BCUT2D eigenvalue weighted by atomic mass is 16.5. The van der Waals surface area contributed by atoms with Crippen LogP contribution in [0.15, 0.2) is 18.7 Å². The molecule has 0 saturated carbocycles. The molecule has 1 aromatic rings. The van der Waals surface area contributed by atoms with Crippen LogP contribution in [0.3, 0.4) is 0 Å². The Hall–Kier alpha value is -1.00. The van der Waals surface area contributed by atoms with E-state index in [1.165, 1.54) is 6.33 Å². The zero-order valence-electron chi connectivity index (χ0n) is 7.68. The van der Waals surface area contributed by atoms with Crippen LogP contribution in [0, 0.1) is 0 Å². The van der Waals surface area contributed by atoms with Crippen molar-refractivity contribution in [1.29, 1.82) is 0 Å². The van der Waals surface area contributed by atoms with E-state index in [1.807, 2.05) is 0 Å². The minimum absolute atomic E-state index is 0.476. The van der Waals surface area contributed by atoms with Crippen molar-refractivity contribution >= 4 is 0 Å². The molecule has 4 nitrogen and oxygen atoms in total. The van der Waals surface area contributed by atoms with Crippen LogP contribution in [-0.4, -0.2) is 28.8 Å². The summed E-state index contributed by atoms with van der Waals surface area (Å²) in [7, 11) is 1.65. The molecule has 0 saturated heterocycles. The van der Waals surface area contributed by atoms with Gasteiger partial charge in [0.25, 0.3) is 0 Å². The van der Waals surface area contributed by atoms with Gasteiger partial charge in [-0.2, -0.15) is 0 Å². The molecule has 1 atom stereocenters. The highest BCUT2D eigenvalue weighted by molar-refractivity contribution is 5.05. The van der Waals surface area contributed by atoms with Gasteiger partial charge in [-0.05, 0) is 12.8 Å². The molecule has 13 heavy (non-hydrogen) atoms. The lowest BCUT2D eigenvalue weighted by Gasteiger charge is -2.08. The summed E-state index contributed by atoms with van der Waals surface area (Å²) in [5.41, 5.74) is 0.763. The van der Waals surface area contributed by atoms with Gasteiger partial charge in [0.1, 0.15) is 6.33 Å². The fraction of sp³-hybridized carbons (Fsp3) is 0.556. The van der Waals surface area contributed by atoms with Crippen LogP contribution in [0.2, 0.25) is 0 Å². The first-order valence-corrected chi connectivity index (χ1v) is 4.26. The predicted molar refractivity (Wildman–Crippen MR) is 48.1 cm³/mol. The van der Waals surface area contributed by atoms with Gasteiger partial charge in [-0.1, -0.05) is 0 Å². The van der Waals surface area contributed by atoms with Crippen LogP contribution in [0.25, 0.3) is 0 Å². The van der Waals surface area contributed by atoms with Gasteiger partial charge in [0.15, 0.2) is 0 Å². The van der Waals surface area contributed by atoms with Crippen LogP contribution in [0.4, 0.5) is 0 Å². The quantitative estimate of drug-likeness (QED) is 0.688. The number of aliphatic hydroxyl groups is 1. The largest absolute Gasteiger partial charge is 0.388 e. The Morgan fingerprint density at radius 2 is 2.15 bits per heavy atom. The summed E-state index contributed by atoms with van der Waals surface area (Å²) < 4.78 is 4.89. The maximum Gasteiger partial charge on any atom is 0.115 e. The molecule has 1 rings (SSSR count). The molecule has 0 amide bonds. The van der Waals surface area contributed by atoms with Crippen LogP contribution < -0.4 is 0 Å². The Morgan fingerprint density at radius 1 is 1.46 bits per heavy atom. The number of aliphatic hydroxyl groups excluding tert-OH is 1. The van der Waals surface area contributed by atoms with Crippen molar-refractivity contribution in [2.24, 2.45) is 0 Å². The lowest BCUT2D eigenvalue weighted by Crippen LogP contribution is -2.00. The summed E-state index contributed by atoms with van der Waals surface area (Å²) in [5.74, 6) is 0. The lowest BCUT2D eigenvalue weighted by atomic mass is 10.1. The molecule has 1 heterocycles. The van der Waals surface area contributed by atoms with Crippen LogP contribution >= 0.6 is 0 Å². The maximum atomic E-state index is 9.61. The molecular formula is C9H14N2O2. The van der Waals surface area contributed by atoms with Gasteiger partial charge in [-0.25, -0.2) is 9.97 Å². The summed E-state index contributed by atoms with van der Waals surface area (Å²) in [6, 6.07) is 0. The summed E-state index contributed by atoms with van der Waals surface area (Å²) in [4.78, 5) is 7.66. The fourth-order valence-electron chi connectivity index (χ4n) is 1.07. The molecule has 1 unspecified atom stereocenters. The monoisotopic (exact) mass is 182 g/mol. The molecule has 0 aliphatic carbocycles. The van der Waals surface area contributed by atoms with Crippen molar-refractivity contribution in [2.75, 3.05) is 13.7 Å². The van der Waals surface area contributed by atoms with Crippen molar-refractivity contribution in [3.05, 3.63) is 24.3 Å². The van der Waals surface area contributed by atoms with Crippen molar-refractivity contribution in [3.63, 3.8) is 0 Å². The van der Waals surface area contributed by atoms with Gasteiger partial charge < -0.3 is 9.84 Å². The number of nitrogens with zero attached hydrogens (tertiary/aromatic N) is 2. The first-order valence-electron chi connectivity index (χ1n) is 4.26. The van der Waals surface area contributed by atoms with Crippen molar-refractivity contribution in [2.45, 2.75) is 18.9 Å². The number of hydrogen-bond donors (Lipinski definition) is 1. The molecule has 0 aliphatic rings. The molecule has 0 radical (unpaired) electrons. The van der Waals surface area contributed by atoms with E-state index in [4.69, 9.17) is 4.74 Å². The zero-order valence-corrected chi connectivity index (χ0v) is 7.68. The molecule has 0 fully saturated rings. The van der Waals surface area contributed by atoms with E-state index in [-0.39, 0.29) is 0 Å². The van der Waals surface area contributed by atoms with Gasteiger partial charge >= 0.3 is 0 Å². The number of rotatable bonds is 5. The number of hydrogen-bond acceptors (Lipinski definition) is 4. The van der Waals surface area contributed by atoms with Gasteiger partial charge in [0.2, 0.25) is 0 Å². The third-order valence-corrected chi connectivity index (χ3v) is 1.79. The molecule has 0 spiro atoms. The number of ether oxygens (including phenoxy) is 1. The van der Waals surface area contributed by atoms with E-state index >= 15 is 0 Å². The Labute approximate surface area is 77.6 Å². The summed E-state index contributed by atoms with van der Waals surface area (Å²) >= 11 is 0. The van der Waals surface area contributed by atoms with Crippen molar-refractivity contribution in [3.8, 4) is 0 Å². The van der Waals surface area contributed by atoms with Crippen LogP contribution in [0.5, 0.6) is 0 Å². The SMILES string of the molecule is COCCCC(O)c1cncnc1. The molecule has 0 aliphatic heterocycles. The Bertz CT molecular complexity index is 228. The minimum atomic E-state index is -0.476. The molecule has 4 heteroatoms. The average molecular weight is 182 g/mol. The van der Waals surface area contributed by atoms with Gasteiger partial charge in [0.05, 0.1) is 6.10 Å². The van der Waals surface area contributed by atoms with Gasteiger partial charge in [-0.15, -0.1) is 0 Å². The summed E-state index contributed by atoms with van der Waals surface area (Å²) in [5, 5.41) is 9.61. The number of aromatic nitrogens is 2. The summed E-state index contributed by atoms with van der Waals surface area (Å²) in [6.07, 6.45) is 5.75. The second-order valence-corrected chi connectivity index (χ2v) is 2.82. The predicted octanol–water partition coefficient (Wildman–Crippen LogP) is 0.937. The minimum Gasteiger partial charge on any atom is -0.388 e. The molecular weight excluding hydrogens is 168 g/mol. The average Bonchev–Trinajstić information content (AvgIpc) is 2.19. The lowest BCUT2D eigenvalue weighted by molar-refractivity contribution is 0.135. The van der Waals surface area contributed by atoms with Gasteiger partial charge in [0, 0.05) is 31.7 Å². The smallest absolute Gasteiger partial charge is 0.115 e. The van der Waals surface area contributed by atoms with Crippen molar-refractivity contribution < 1.29 is 9.84 Å². The second-order valence-electron chi connectivity index (χ2n) is 2.82. The van der Waals surface area contributed by atoms with E-state index in [1.54, 1.807) is 19.5 Å². The standard InChI is InChI=1S/C9H14N2O2/c1-13-4-2-3-9(12)8-5-10-7-11-6-8/h5-7,9,12H,2-4H2,1H3. The molecule has 1 N–H and O–H groups in total. The Morgan fingerprint density at radius 3 is 2.77 bits per heavy atom. The summed E-state index contributed by atoms with van der Waals surface area (Å²) in [6.45, 7) is 0.671. The fourth-order valence-corrected chi connectivity index (χ4v) is 1.07. The third kappa shape index (κ3) is 3.48. The van der Waals surface area contributed by atoms with Crippen LogP contribution in [-0.2, 0) is 4.74 Å². The van der Waals surface area contributed by atoms with Gasteiger partial charge in [-0.3, -0.25) is 0 Å². The molecule has 0 aromatic carbocycles. The second kappa shape index (κ2) is 5.61. The Balaban J connectivity index is 2.35. The highest BCUT2D eigenvalue weighted by Crippen LogP contribution is 2.15. The number of methoxy groups -OCH3 is 1. The van der Waals surface area contributed by atoms with Crippen molar-refractivity contribution in [1.82, 2.24) is 9.97 Å². The van der Waals surface area contributed by atoms with E-state index in [2.05, 4.69) is 9.97 Å². The van der Waals surface area contributed by atoms with E-state index < -0.39 is 6.10 Å².